The molecule has 1 aromatic heterocycles. The van der Waals surface area contributed by atoms with Crippen molar-refractivity contribution < 1.29 is 17.9 Å². The number of nitrogens with one attached hydrogen (secondary N) is 1. The monoisotopic (exact) mass is 349 g/mol. The largest absolute Gasteiger partial charge is 0.496 e. The highest BCUT2D eigenvalue weighted by atomic mass is 32.2. The van der Waals surface area contributed by atoms with E-state index in [0.29, 0.717) is 23.7 Å². The Hall–Kier alpha value is -2.19. The number of hydrogen-bond donors (Lipinski definition) is 2. The fourth-order valence-corrected chi connectivity index (χ4v) is 4.83. The number of carbonyl (C=O) groups excluding carboxylic acids is 1. The third-order valence-corrected chi connectivity index (χ3v) is 6.42. The molecule has 0 bridgehead atoms. The predicted molar refractivity (Wildman–Crippen MR) is 89.9 cm³/mol. The number of nitrogens with two attached hydrogens (primary N) is 1. The summed E-state index contributed by atoms with van der Waals surface area (Å²) in [6.45, 7) is 1.24. The summed E-state index contributed by atoms with van der Waals surface area (Å²) < 4.78 is 31.2. The summed E-state index contributed by atoms with van der Waals surface area (Å²) in [4.78, 5) is 15.7. The fraction of sp³-hybridized carbons (Fsp3) is 0.375. The van der Waals surface area contributed by atoms with Gasteiger partial charge >= 0.3 is 0 Å². The minimum atomic E-state index is -3.59. The molecule has 0 unspecified atom stereocenters. The van der Waals surface area contributed by atoms with E-state index < -0.39 is 21.0 Å². The highest BCUT2D eigenvalue weighted by Gasteiger charge is 2.31. The third-order valence-electron chi connectivity index (χ3n) is 4.27. The zero-order valence-electron chi connectivity index (χ0n) is 13.3. The summed E-state index contributed by atoms with van der Waals surface area (Å²) in [7, 11) is -2.19. The molecule has 0 aliphatic carbocycles. The minimum Gasteiger partial charge on any atom is -0.496 e. The molecule has 1 aromatic carbocycles. The Morgan fingerprint density at radius 3 is 2.83 bits per heavy atom. The summed E-state index contributed by atoms with van der Waals surface area (Å²) in [5.74, 6) is -0.396. The molecule has 0 radical (unpaired) electrons. The smallest absolute Gasteiger partial charge is 0.252 e. The van der Waals surface area contributed by atoms with Crippen LogP contribution in [0.15, 0.2) is 29.4 Å². The summed E-state index contributed by atoms with van der Waals surface area (Å²) in [6, 6.07) is 4.71. The van der Waals surface area contributed by atoms with Crippen LogP contribution in [0.2, 0.25) is 0 Å². The number of primary amides is 1. The molecule has 1 aliphatic heterocycles. The zero-order chi connectivity index (χ0) is 17.3. The molecule has 8 heteroatoms. The van der Waals surface area contributed by atoms with Crippen LogP contribution in [-0.4, -0.2) is 44.8 Å². The van der Waals surface area contributed by atoms with Crippen LogP contribution in [0, 0.1) is 0 Å². The number of ether oxygens (including phenoxy) is 1. The molecule has 1 atom stereocenters. The van der Waals surface area contributed by atoms with Gasteiger partial charge in [0.05, 0.1) is 17.9 Å². The number of rotatable bonds is 4. The SMILES string of the molecule is COc1cc2c(S(=O)(=O)[C@@H]3CCCNC3)nccc2cc1C(N)=O. The molecule has 1 saturated heterocycles. The van der Waals surface area contributed by atoms with Crippen molar-refractivity contribution in [2.45, 2.75) is 23.1 Å². The lowest BCUT2D eigenvalue weighted by molar-refractivity contribution is 0.0997. The van der Waals surface area contributed by atoms with Crippen molar-refractivity contribution in [3.05, 3.63) is 30.0 Å². The molecular weight excluding hydrogens is 330 g/mol. The van der Waals surface area contributed by atoms with Crippen LogP contribution < -0.4 is 15.8 Å². The molecule has 1 fully saturated rings. The molecule has 3 rings (SSSR count). The average molecular weight is 349 g/mol. The number of amides is 1. The van der Waals surface area contributed by atoms with E-state index in [1.54, 1.807) is 6.07 Å². The Labute approximate surface area is 140 Å². The molecular formula is C16H19N3O4S. The van der Waals surface area contributed by atoms with E-state index in [9.17, 15) is 13.2 Å². The number of fused-ring (bicyclic) bond motifs is 1. The molecule has 3 N–H and O–H groups in total. The van der Waals surface area contributed by atoms with Crippen LogP contribution in [-0.2, 0) is 9.84 Å². The van der Waals surface area contributed by atoms with Gasteiger partial charge in [0.25, 0.3) is 5.91 Å². The van der Waals surface area contributed by atoms with Gasteiger partial charge in [-0.15, -0.1) is 0 Å². The number of carbonyl (C=O) groups is 1. The van der Waals surface area contributed by atoms with Crippen molar-refractivity contribution in [3.8, 4) is 5.75 Å². The summed E-state index contributed by atoms with van der Waals surface area (Å²) in [6.07, 6.45) is 2.84. The second-order valence-corrected chi connectivity index (χ2v) is 7.91. The van der Waals surface area contributed by atoms with E-state index in [4.69, 9.17) is 10.5 Å². The van der Waals surface area contributed by atoms with Crippen LogP contribution in [0.4, 0.5) is 0 Å². The second-order valence-electron chi connectivity index (χ2n) is 5.77. The summed E-state index contributed by atoms with van der Waals surface area (Å²) in [5, 5.41) is 3.64. The third kappa shape index (κ3) is 2.83. The number of aromatic nitrogens is 1. The first-order chi connectivity index (χ1) is 11.4. The zero-order valence-corrected chi connectivity index (χ0v) is 14.1. The van der Waals surface area contributed by atoms with Crippen molar-refractivity contribution >= 4 is 26.5 Å². The lowest BCUT2D eigenvalue weighted by atomic mass is 10.1. The van der Waals surface area contributed by atoms with Crippen molar-refractivity contribution in [1.82, 2.24) is 10.3 Å². The van der Waals surface area contributed by atoms with Gasteiger partial charge in [0, 0.05) is 18.1 Å². The van der Waals surface area contributed by atoms with Gasteiger partial charge in [-0.2, -0.15) is 0 Å². The van der Waals surface area contributed by atoms with Crippen LogP contribution in [0.25, 0.3) is 10.8 Å². The van der Waals surface area contributed by atoms with Crippen LogP contribution in [0.1, 0.15) is 23.2 Å². The molecule has 1 amide bonds. The highest BCUT2D eigenvalue weighted by molar-refractivity contribution is 7.92. The maximum absolute atomic E-state index is 13.0. The molecule has 0 saturated carbocycles. The molecule has 7 nitrogen and oxygen atoms in total. The van der Waals surface area contributed by atoms with Crippen LogP contribution in [0.3, 0.4) is 0 Å². The second kappa shape index (κ2) is 6.37. The Balaban J connectivity index is 2.20. The van der Waals surface area contributed by atoms with E-state index in [1.165, 1.54) is 25.4 Å². The topological polar surface area (TPSA) is 111 Å². The quantitative estimate of drug-likeness (QED) is 0.847. The maximum Gasteiger partial charge on any atom is 0.252 e. The van der Waals surface area contributed by atoms with Gasteiger partial charge in [-0.25, -0.2) is 13.4 Å². The van der Waals surface area contributed by atoms with Gasteiger partial charge in [0.2, 0.25) is 0 Å². The fourth-order valence-electron chi connectivity index (χ4n) is 3.01. The van der Waals surface area contributed by atoms with E-state index in [1.807, 2.05) is 0 Å². The molecule has 24 heavy (non-hydrogen) atoms. The van der Waals surface area contributed by atoms with Gasteiger partial charge in [-0.3, -0.25) is 4.79 Å². The number of sulfone groups is 1. The molecule has 0 spiro atoms. The van der Waals surface area contributed by atoms with Gasteiger partial charge in [-0.1, -0.05) is 0 Å². The van der Waals surface area contributed by atoms with Gasteiger partial charge < -0.3 is 15.8 Å². The number of methoxy groups -OCH3 is 1. The lowest BCUT2D eigenvalue weighted by Crippen LogP contribution is -2.39. The van der Waals surface area contributed by atoms with Crippen LogP contribution in [0.5, 0.6) is 5.75 Å². The molecule has 128 valence electrons. The standard InChI is InChI=1S/C16H19N3O4S/c1-23-14-8-12-10(7-13(14)15(17)20)4-6-19-16(12)24(21,22)11-3-2-5-18-9-11/h4,6-8,11,18H,2-3,5,9H2,1H3,(H2,17,20)/t11-/m1/s1. The Morgan fingerprint density at radius 2 is 2.21 bits per heavy atom. The van der Waals surface area contributed by atoms with Crippen LogP contribution >= 0.6 is 0 Å². The van der Waals surface area contributed by atoms with E-state index in [0.717, 1.165) is 13.0 Å². The summed E-state index contributed by atoms with van der Waals surface area (Å²) in [5.41, 5.74) is 5.57. The average Bonchev–Trinajstić information content (AvgIpc) is 2.60. The van der Waals surface area contributed by atoms with Gasteiger partial charge in [0.1, 0.15) is 5.75 Å². The predicted octanol–water partition coefficient (Wildman–Crippen LogP) is 0.868. The summed E-state index contributed by atoms with van der Waals surface area (Å²) >= 11 is 0. The first-order valence-electron chi connectivity index (χ1n) is 7.66. The molecule has 2 aromatic rings. The Morgan fingerprint density at radius 1 is 1.42 bits per heavy atom. The van der Waals surface area contributed by atoms with Crippen molar-refractivity contribution in [1.29, 1.82) is 0 Å². The van der Waals surface area contributed by atoms with E-state index >= 15 is 0 Å². The molecule has 2 heterocycles. The number of pyridine rings is 1. The number of hydrogen-bond acceptors (Lipinski definition) is 6. The maximum atomic E-state index is 13.0. The number of benzene rings is 1. The number of nitrogens with zero attached hydrogens (tertiary/aromatic N) is 1. The minimum absolute atomic E-state index is 0.0167. The lowest BCUT2D eigenvalue weighted by Gasteiger charge is -2.23. The first kappa shape index (κ1) is 16.7. The van der Waals surface area contributed by atoms with Gasteiger partial charge in [-0.05, 0) is 43.0 Å². The van der Waals surface area contributed by atoms with E-state index in [-0.39, 0.29) is 16.3 Å². The Bertz CT molecular complexity index is 890. The first-order valence-corrected chi connectivity index (χ1v) is 9.21. The van der Waals surface area contributed by atoms with Gasteiger partial charge in [0.15, 0.2) is 14.9 Å². The van der Waals surface area contributed by atoms with Crippen molar-refractivity contribution in [2.75, 3.05) is 20.2 Å². The molecule has 1 aliphatic rings. The van der Waals surface area contributed by atoms with Crippen molar-refractivity contribution in [2.24, 2.45) is 5.73 Å². The van der Waals surface area contributed by atoms with Crippen molar-refractivity contribution in [3.63, 3.8) is 0 Å². The Kier molecular flexibility index (Phi) is 4.42. The normalized spacial score (nSPS) is 18.5. The number of piperidine rings is 1. The van der Waals surface area contributed by atoms with E-state index in [2.05, 4.69) is 10.3 Å². The highest BCUT2D eigenvalue weighted by Crippen LogP contribution is 2.31.